The van der Waals surface area contributed by atoms with Gasteiger partial charge in [-0.25, -0.2) is 26.9 Å². The zero-order valence-corrected chi connectivity index (χ0v) is 79.9. The van der Waals surface area contributed by atoms with Crippen LogP contribution < -0.4 is 70.7 Å². The minimum atomic E-state index is -0.825. The highest BCUT2D eigenvalue weighted by molar-refractivity contribution is 9.11. The van der Waals surface area contributed by atoms with E-state index in [0.717, 1.165) is 98.8 Å². The molecule has 1 fully saturated rings. The largest absolute Gasteiger partial charge is 0.398 e. The van der Waals surface area contributed by atoms with Gasteiger partial charge in [0, 0.05) is 192 Å². The molecular weight excluding hydrogens is 2120 g/mol. The molecule has 3 aliphatic heterocycles. The number of nitro benzene ring substituents is 4. The number of nitrogen functional groups attached to an aromatic ring is 1. The summed E-state index contributed by atoms with van der Waals surface area (Å²) in [7, 11) is 4.26. The van der Waals surface area contributed by atoms with E-state index in [1.807, 2.05) is 71.0 Å². The average Bonchev–Trinajstić information content (AvgIpc) is 0.802. The van der Waals surface area contributed by atoms with Gasteiger partial charge in [0.25, 0.3) is 50.5 Å². The number of aromatic amines is 5. The van der Waals surface area contributed by atoms with Crippen LogP contribution in [0, 0.1) is 93.6 Å². The molecule has 0 radical (unpaired) electrons. The number of fused-ring (bicyclic) bond motifs is 6. The van der Waals surface area contributed by atoms with Gasteiger partial charge in [-0.1, -0.05) is 107 Å². The highest BCUT2D eigenvalue weighted by Gasteiger charge is 2.33. The van der Waals surface area contributed by atoms with Gasteiger partial charge >= 0.3 is 0 Å². The Kier molecular flexibility index (Phi) is 32.7. The number of non-ortho nitro benzene ring substituents is 2. The third kappa shape index (κ3) is 23.5. The Bertz CT molecular complexity index is 6940. The Balaban J connectivity index is 0.000000154. The van der Waals surface area contributed by atoms with Crippen LogP contribution in [0.25, 0.3) is 49.8 Å². The van der Waals surface area contributed by atoms with Crippen LogP contribution in [0.3, 0.4) is 0 Å². The molecular formula is C86H79Br6ClF5N19O13. The Labute approximate surface area is 789 Å². The normalized spacial score (nSPS) is 15.7. The number of pyridine rings is 6. The van der Waals surface area contributed by atoms with Gasteiger partial charge < -0.3 is 62.1 Å². The number of hydrogen-bond acceptors (Lipinski definition) is 23. The lowest BCUT2D eigenvalue weighted by atomic mass is 9.90. The molecule has 0 saturated heterocycles. The summed E-state index contributed by atoms with van der Waals surface area (Å²) in [4.78, 5) is 120. The second-order valence-electron chi connectivity index (χ2n) is 30.4. The molecule has 130 heavy (non-hydrogen) atoms. The molecule has 9 heterocycles. The van der Waals surface area contributed by atoms with Gasteiger partial charge in [0.05, 0.1) is 53.2 Å². The van der Waals surface area contributed by atoms with Crippen LogP contribution in [-0.4, -0.2) is 80.7 Å². The molecule has 0 spiro atoms. The maximum Gasteiger partial charge on any atom is 0.281 e. The third-order valence-electron chi connectivity index (χ3n) is 21.2. The molecule has 3 atom stereocenters. The lowest BCUT2D eigenvalue weighted by molar-refractivity contribution is -0.385. The maximum absolute atomic E-state index is 15.0. The molecule has 0 bridgehead atoms. The number of anilines is 3. The van der Waals surface area contributed by atoms with Crippen LogP contribution in [0.4, 0.5) is 61.9 Å². The van der Waals surface area contributed by atoms with Crippen LogP contribution in [0.5, 0.6) is 0 Å². The molecule has 0 amide bonds. The van der Waals surface area contributed by atoms with Crippen molar-refractivity contribution < 1.29 is 41.6 Å². The fourth-order valence-electron chi connectivity index (χ4n) is 15.1. The minimum Gasteiger partial charge on any atom is -0.398 e. The number of halogens is 12. The van der Waals surface area contributed by atoms with E-state index in [2.05, 4.69) is 182 Å². The molecule has 3 unspecified atom stereocenters. The number of hydrogen-bond donors (Lipinski definition) is 13. The number of nitrogens with zero attached hydrogens (tertiary/aromatic N) is 6. The fourth-order valence-corrected chi connectivity index (χ4v) is 18.1. The monoisotopic (exact) mass is 2190 g/mol. The summed E-state index contributed by atoms with van der Waals surface area (Å²) in [6, 6.07) is 26.6. The van der Waals surface area contributed by atoms with Crippen molar-refractivity contribution in [1.82, 2.24) is 61.4 Å². The van der Waals surface area contributed by atoms with Crippen LogP contribution in [-0.2, 0) is 19.6 Å². The van der Waals surface area contributed by atoms with Crippen LogP contribution in [0.15, 0.2) is 185 Å². The van der Waals surface area contributed by atoms with Gasteiger partial charge in [-0.05, 0) is 171 Å². The lowest BCUT2D eigenvalue weighted by Crippen LogP contribution is -2.36. The van der Waals surface area contributed by atoms with Gasteiger partial charge in [0.15, 0.2) is 23.3 Å². The number of nitrogens with one attached hydrogen (secondary N) is 12. The Morgan fingerprint density at radius 3 is 1.41 bits per heavy atom. The molecule has 16 rings (SSSR count). The summed E-state index contributed by atoms with van der Waals surface area (Å²) in [5, 5.41) is 66.7. The Morgan fingerprint density at radius 2 is 0.900 bits per heavy atom. The molecule has 1 aliphatic carbocycles. The zero-order chi connectivity index (χ0) is 94.9. The summed E-state index contributed by atoms with van der Waals surface area (Å²) in [6.45, 7) is 12.0. The van der Waals surface area contributed by atoms with E-state index in [0.29, 0.717) is 115 Å². The van der Waals surface area contributed by atoms with Crippen molar-refractivity contribution >= 4 is 197 Å². The molecule has 680 valence electrons. The predicted octanol–water partition coefficient (Wildman–Crippen LogP) is 19.7. The van der Waals surface area contributed by atoms with Crippen molar-refractivity contribution in [2.45, 2.75) is 117 Å². The van der Waals surface area contributed by atoms with Crippen LogP contribution in [0.2, 0.25) is 0 Å². The molecule has 12 aromatic rings. The first-order chi connectivity index (χ1) is 61.5. The molecule has 4 aliphatic rings. The first-order valence-electron chi connectivity index (χ1n) is 39.1. The number of aromatic nitrogens is 6. The third-order valence-corrected chi connectivity index (χ3v) is 24.3. The molecule has 6 aromatic heterocycles. The first-order valence-corrected chi connectivity index (χ1v) is 44.3. The number of nitrogens with two attached hydrogens (primary N) is 1. The van der Waals surface area contributed by atoms with Crippen molar-refractivity contribution in [2.75, 3.05) is 30.5 Å². The number of H-pyrrole nitrogens is 5. The van der Waals surface area contributed by atoms with Gasteiger partial charge in [-0.3, -0.25) is 75.1 Å². The van der Waals surface area contributed by atoms with E-state index >= 15 is 4.39 Å². The summed E-state index contributed by atoms with van der Waals surface area (Å²) in [5.74, 6) is -2.44. The maximum atomic E-state index is 15.0. The van der Waals surface area contributed by atoms with Gasteiger partial charge in [0.1, 0.15) is 34.9 Å². The second-order valence-corrected chi connectivity index (χ2v) is 36.3. The number of alkyl halides is 1. The lowest BCUT2D eigenvalue weighted by Gasteiger charge is -2.33. The van der Waals surface area contributed by atoms with E-state index in [1.165, 1.54) is 48.9 Å². The zero-order valence-electron chi connectivity index (χ0n) is 69.6. The highest BCUT2D eigenvalue weighted by Crippen LogP contribution is 2.43. The van der Waals surface area contributed by atoms with Crippen LogP contribution >= 0.6 is 107 Å². The smallest absolute Gasteiger partial charge is 0.281 e. The minimum absolute atomic E-state index is 0.0546. The van der Waals surface area contributed by atoms with E-state index < -0.39 is 65.9 Å². The Morgan fingerprint density at radius 1 is 0.477 bits per heavy atom. The summed E-state index contributed by atoms with van der Waals surface area (Å²) < 4.78 is 73.7. The summed E-state index contributed by atoms with van der Waals surface area (Å²) in [5.41, 5.74) is 12.5. The quantitative estimate of drug-likeness (QED) is 0.0107. The van der Waals surface area contributed by atoms with Crippen molar-refractivity contribution in [3.63, 3.8) is 0 Å². The summed E-state index contributed by atoms with van der Waals surface area (Å²) >= 11 is 25.4. The van der Waals surface area contributed by atoms with E-state index in [1.54, 1.807) is 31.2 Å². The fraction of sp³-hybridized carbons (Fsp3) is 0.233. The van der Waals surface area contributed by atoms with Crippen molar-refractivity contribution in [2.24, 2.45) is 0 Å². The van der Waals surface area contributed by atoms with Gasteiger partial charge in [-0.15, -0.1) is 0 Å². The predicted molar refractivity (Wildman–Crippen MR) is 512 cm³/mol. The summed E-state index contributed by atoms with van der Waals surface area (Å²) in [6.07, 6.45) is 10.3. The van der Waals surface area contributed by atoms with Crippen molar-refractivity contribution in [3.05, 3.63) is 349 Å². The number of benzene rings is 6. The molecule has 1 saturated carbocycles. The highest BCUT2D eigenvalue weighted by atomic mass is 79.9. The second kappa shape index (κ2) is 42.9. The van der Waals surface area contributed by atoms with Crippen LogP contribution in [0.1, 0.15) is 127 Å². The van der Waals surface area contributed by atoms with Gasteiger partial charge in [0.2, 0.25) is 0 Å². The molecule has 44 heteroatoms. The van der Waals surface area contributed by atoms with E-state index in [-0.39, 0.29) is 79.7 Å². The number of rotatable bonds is 16. The standard InChI is InChI=1S/C25H31BrFN5O.C17H16BrFN4O3.C17H18BrFN4O.C9H5BrClFN2O2.C9H4BrFN2O3.C9H5BrN2O3/c1-14-9-15(2)30-25(33)20(14)12-28-24-19-10-16(26)11-22(23(19)21(27)13-29-24)31-17-5-7-18(8-6-17)32(3)4;1-8-3-9(2)22-17(24)12(8)6-20-16-11-4-10(18)5-14(23(25)26)15(11)13(19)7-21-16;1-8-3-9(2)23-17(24)12(8)6-21-16-11-4-10(18)5-14(20)15(11)13(19)7-22-16;10-4-1-5-8(7(2-4)14(15)16)6(12)3-13-9(5)11;10-4-1-5-8(7(2-4)13(15)16)6(11)3-12-9(5)14;10-5-3-7-6(1-2-11-9(7)13)8(4-5)12(14)15/h9-11,13,17-18,31H,5-8,12H2,1-4H3,(H,28,29)(H,30,33);3-5,7,16,20-21H,6H2,1-2H3,(H,22,24);3-5,7,16,21-22H,6,20H2,1-2H3,(H,23,24);1-3,9,13H;1-3H,(H,12,14);1-4H,(H,11,13). The van der Waals surface area contributed by atoms with Gasteiger partial charge in [-0.2, -0.15) is 0 Å². The molecule has 14 N–H and O–H groups in total. The number of nitro groups is 4. The van der Waals surface area contributed by atoms with E-state index in [4.69, 9.17) is 17.3 Å². The first kappa shape index (κ1) is 98.9. The molecule has 32 nitrogen and oxygen atoms in total. The Hall–Kier alpha value is -11.7. The van der Waals surface area contributed by atoms with E-state index in [9.17, 15) is 82.0 Å². The molecule has 6 aromatic carbocycles. The average molecular weight is 2200 g/mol. The SMILES string of the molecule is Cc1cc(C)c(CNC2NC=C(F)c3c(N)cc(Br)cc32)c(=O)[nH]1.Cc1cc(C)c(CNC2NC=C(F)c3c2cc(Br)cc3[N+](=O)[O-])c(=O)[nH]1.Cc1cc(C)c(CNc2ncc(F)c3c(NC4CCC(N(C)C)CC4)cc(Br)cc23)c(=O)[nH]1.O=[N+]([O-])c1cc(Br)cc2c1C(F)=CNC2Cl.O=c1[nH]cc(F)c2c([N+](=O)[O-])cc(Br)cc12.O=c1[nH]ccc2c([N+](=O)[O-])cc(Br)cc12. The van der Waals surface area contributed by atoms with Crippen molar-refractivity contribution in [3.8, 4) is 0 Å². The number of aryl methyl sites for hydroxylation is 6. The van der Waals surface area contributed by atoms with Crippen molar-refractivity contribution in [1.29, 1.82) is 0 Å². The topological polar surface area (TPSA) is 463 Å².